The first-order chi connectivity index (χ1) is 14.9. The standard InChI is InChI=1S/C24H21N3O4/c1-17(19-8-4-2-5-9-19)25-24(29)22(26-23(28)20-10-6-3-7-11-20)16-18-12-14-21(15-13-18)27(30)31/h2-17H,1H3,(H,25,29)(H,26,28)/b22-16-. The summed E-state index contributed by atoms with van der Waals surface area (Å²) in [4.78, 5) is 36.0. The van der Waals surface area contributed by atoms with Gasteiger partial charge in [-0.1, -0.05) is 48.5 Å². The summed E-state index contributed by atoms with van der Waals surface area (Å²) in [6, 6.07) is 23.4. The Morgan fingerprint density at radius 2 is 1.48 bits per heavy atom. The zero-order valence-electron chi connectivity index (χ0n) is 16.8. The molecule has 3 aromatic rings. The predicted octanol–water partition coefficient (Wildman–Crippen LogP) is 4.24. The highest BCUT2D eigenvalue weighted by atomic mass is 16.6. The lowest BCUT2D eigenvalue weighted by molar-refractivity contribution is -0.384. The molecule has 7 nitrogen and oxygen atoms in total. The van der Waals surface area contributed by atoms with Crippen molar-refractivity contribution in [1.82, 2.24) is 10.6 Å². The number of nitro benzene ring substituents is 1. The Morgan fingerprint density at radius 1 is 0.903 bits per heavy atom. The SMILES string of the molecule is CC(NC(=O)/C(=C/c1ccc([N+](=O)[O-])cc1)NC(=O)c1ccccc1)c1ccccc1. The minimum atomic E-state index is -0.500. The van der Waals surface area contributed by atoms with Crippen LogP contribution in [0.15, 0.2) is 90.6 Å². The zero-order chi connectivity index (χ0) is 22.2. The number of amides is 2. The number of benzene rings is 3. The van der Waals surface area contributed by atoms with E-state index in [0.717, 1.165) is 5.56 Å². The normalized spacial score (nSPS) is 12.0. The van der Waals surface area contributed by atoms with Crippen molar-refractivity contribution in [3.05, 3.63) is 117 Å². The van der Waals surface area contributed by atoms with Crippen LogP contribution in [0.25, 0.3) is 6.08 Å². The molecule has 1 unspecified atom stereocenters. The van der Waals surface area contributed by atoms with Crippen LogP contribution in [-0.4, -0.2) is 16.7 Å². The van der Waals surface area contributed by atoms with Crippen molar-refractivity contribution in [2.24, 2.45) is 0 Å². The first kappa shape index (κ1) is 21.4. The minimum Gasteiger partial charge on any atom is -0.344 e. The quantitative estimate of drug-likeness (QED) is 0.342. The number of non-ortho nitro benzene ring substituents is 1. The zero-order valence-corrected chi connectivity index (χ0v) is 16.8. The van der Waals surface area contributed by atoms with E-state index in [0.29, 0.717) is 11.1 Å². The maximum absolute atomic E-state index is 13.0. The van der Waals surface area contributed by atoms with Gasteiger partial charge in [0.2, 0.25) is 0 Å². The fraction of sp³-hybridized carbons (Fsp3) is 0.0833. The van der Waals surface area contributed by atoms with Crippen LogP contribution in [0.5, 0.6) is 0 Å². The van der Waals surface area contributed by atoms with Crippen LogP contribution in [0.4, 0.5) is 5.69 Å². The first-order valence-corrected chi connectivity index (χ1v) is 9.62. The Balaban J connectivity index is 1.86. The van der Waals surface area contributed by atoms with Crippen molar-refractivity contribution in [2.75, 3.05) is 0 Å². The molecule has 3 aromatic carbocycles. The second kappa shape index (κ2) is 9.98. The fourth-order valence-corrected chi connectivity index (χ4v) is 2.90. The molecular formula is C24H21N3O4. The number of carbonyl (C=O) groups is 2. The van der Waals surface area contributed by atoms with Crippen molar-refractivity contribution >= 4 is 23.6 Å². The van der Waals surface area contributed by atoms with Crippen LogP contribution in [0.3, 0.4) is 0 Å². The van der Waals surface area contributed by atoms with Gasteiger partial charge in [-0.3, -0.25) is 19.7 Å². The number of rotatable bonds is 7. The summed E-state index contributed by atoms with van der Waals surface area (Å²) in [7, 11) is 0. The lowest BCUT2D eigenvalue weighted by atomic mass is 10.1. The fourth-order valence-electron chi connectivity index (χ4n) is 2.90. The third-order valence-electron chi connectivity index (χ3n) is 4.59. The van der Waals surface area contributed by atoms with Gasteiger partial charge in [-0.25, -0.2) is 0 Å². The van der Waals surface area contributed by atoms with Gasteiger partial charge in [0, 0.05) is 17.7 Å². The molecule has 0 aliphatic carbocycles. The molecule has 0 aromatic heterocycles. The van der Waals surface area contributed by atoms with Crippen LogP contribution in [0, 0.1) is 10.1 Å². The van der Waals surface area contributed by atoms with E-state index < -0.39 is 16.7 Å². The number of nitrogens with one attached hydrogen (secondary N) is 2. The molecule has 156 valence electrons. The molecule has 0 bridgehead atoms. The second-order valence-corrected chi connectivity index (χ2v) is 6.83. The van der Waals surface area contributed by atoms with E-state index in [-0.39, 0.29) is 17.4 Å². The Hall–Kier alpha value is -4.26. The molecule has 3 rings (SSSR count). The highest BCUT2D eigenvalue weighted by Crippen LogP contribution is 2.16. The molecule has 0 aliphatic rings. The van der Waals surface area contributed by atoms with E-state index in [1.54, 1.807) is 30.3 Å². The van der Waals surface area contributed by atoms with E-state index in [9.17, 15) is 19.7 Å². The predicted molar refractivity (Wildman–Crippen MR) is 118 cm³/mol. The summed E-state index contributed by atoms with van der Waals surface area (Å²) in [6.07, 6.45) is 1.48. The van der Waals surface area contributed by atoms with Crippen molar-refractivity contribution < 1.29 is 14.5 Å². The van der Waals surface area contributed by atoms with Gasteiger partial charge in [0.1, 0.15) is 5.70 Å². The minimum absolute atomic E-state index is 0.0329. The number of nitro groups is 1. The van der Waals surface area contributed by atoms with Gasteiger partial charge in [-0.2, -0.15) is 0 Å². The molecule has 0 spiro atoms. The summed E-state index contributed by atoms with van der Waals surface area (Å²) < 4.78 is 0. The Kier molecular flexibility index (Phi) is 6.90. The van der Waals surface area contributed by atoms with Crippen molar-refractivity contribution in [3.63, 3.8) is 0 Å². The number of hydrogen-bond acceptors (Lipinski definition) is 4. The van der Waals surface area contributed by atoms with E-state index in [4.69, 9.17) is 0 Å². The van der Waals surface area contributed by atoms with E-state index in [2.05, 4.69) is 10.6 Å². The van der Waals surface area contributed by atoms with Crippen molar-refractivity contribution in [3.8, 4) is 0 Å². The molecule has 1 atom stereocenters. The summed E-state index contributed by atoms with van der Waals surface area (Å²) in [5.41, 5.74) is 1.83. The number of hydrogen-bond donors (Lipinski definition) is 2. The van der Waals surface area contributed by atoms with Crippen molar-refractivity contribution in [2.45, 2.75) is 13.0 Å². The van der Waals surface area contributed by atoms with Crippen LogP contribution >= 0.6 is 0 Å². The Morgan fingerprint density at radius 3 is 2.06 bits per heavy atom. The maximum Gasteiger partial charge on any atom is 0.269 e. The maximum atomic E-state index is 13.0. The van der Waals surface area contributed by atoms with Gasteiger partial charge in [-0.15, -0.1) is 0 Å². The molecule has 0 aliphatic heterocycles. The topological polar surface area (TPSA) is 101 Å². The molecule has 0 radical (unpaired) electrons. The average molecular weight is 415 g/mol. The molecule has 2 amide bonds. The van der Waals surface area contributed by atoms with Crippen LogP contribution in [-0.2, 0) is 4.79 Å². The molecule has 0 fully saturated rings. The van der Waals surface area contributed by atoms with Crippen molar-refractivity contribution in [1.29, 1.82) is 0 Å². The molecule has 31 heavy (non-hydrogen) atoms. The molecule has 7 heteroatoms. The average Bonchev–Trinajstić information content (AvgIpc) is 2.80. The highest BCUT2D eigenvalue weighted by molar-refractivity contribution is 6.05. The summed E-state index contributed by atoms with van der Waals surface area (Å²) in [6.45, 7) is 1.84. The summed E-state index contributed by atoms with van der Waals surface area (Å²) >= 11 is 0. The van der Waals surface area contributed by atoms with E-state index in [1.165, 1.54) is 30.3 Å². The van der Waals surface area contributed by atoms with Gasteiger partial charge in [0.15, 0.2) is 0 Å². The Labute approximate surface area is 179 Å². The van der Waals surface area contributed by atoms with E-state index in [1.807, 2.05) is 37.3 Å². The van der Waals surface area contributed by atoms with Gasteiger partial charge in [0.05, 0.1) is 11.0 Å². The summed E-state index contributed by atoms with van der Waals surface area (Å²) in [5.74, 6) is -0.907. The highest BCUT2D eigenvalue weighted by Gasteiger charge is 2.17. The largest absolute Gasteiger partial charge is 0.344 e. The van der Waals surface area contributed by atoms with Gasteiger partial charge >= 0.3 is 0 Å². The number of carbonyl (C=O) groups excluding carboxylic acids is 2. The van der Waals surface area contributed by atoms with Crippen LogP contribution in [0.2, 0.25) is 0 Å². The lowest BCUT2D eigenvalue weighted by Crippen LogP contribution is -2.36. The third kappa shape index (κ3) is 5.86. The van der Waals surface area contributed by atoms with Crippen LogP contribution < -0.4 is 10.6 Å². The van der Waals surface area contributed by atoms with Crippen LogP contribution in [0.1, 0.15) is 34.5 Å². The Bertz CT molecular complexity index is 1090. The first-order valence-electron chi connectivity index (χ1n) is 9.62. The third-order valence-corrected chi connectivity index (χ3v) is 4.59. The molecule has 0 saturated carbocycles. The molecule has 0 saturated heterocycles. The smallest absolute Gasteiger partial charge is 0.269 e. The molecule has 0 heterocycles. The van der Waals surface area contributed by atoms with Gasteiger partial charge in [0.25, 0.3) is 17.5 Å². The summed E-state index contributed by atoms with van der Waals surface area (Å²) in [5, 5.41) is 16.4. The molecular weight excluding hydrogens is 394 g/mol. The monoisotopic (exact) mass is 415 g/mol. The van der Waals surface area contributed by atoms with E-state index >= 15 is 0 Å². The number of nitrogens with zero attached hydrogens (tertiary/aromatic N) is 1. The van der Waals surface area contributed by atoms with Gasteiger partial charge in [-0.05, 0) is 48.4 Å². The molecule has 2 N–H and O–H groups in total. The second-order valence-electron chi connectivity index (χ2n) is 6.83. The lowest BCUT2D eigenvalue weighted by Gasteiger charge is -2.17. The van der Waals surface area contributed by atoms with Gasteiger partial charge < -0.3 is 10.6 Å².